The molecule has 0 atom stereocenters. The maximum atomic E-state index is 13.7. The van der Waals surface area contributed by atoms with Crippen LogP contribution in [0.1, 0.15) is 18.5 Å². The fourth-order valence-electron chi connectivity index (χ4n) is 4.68. The average molecular weight is 558 g/mol. The summed E-state index contributed by atoms with van der Waals surface area (Å²) in [5.41, 5.74) is 1.67. The molecule has 1 saturated carbocycles. The van der Waals surface area contributed by atoms with Crippen molar-refractivity contribution in [3.05, 3.63) is 90.8 Å². The summed E-state index contributed by atoms with van der Waals surface area (Å²) in [5, 5.41) is 2.75. The number of hydrogen-bond donors (Lipinski definition) is 1. The van der Waals surface area contributed by atoms with Crippen LogP contribution in [-0.2, 0) is 19.3 Å². The van der Waals surface area contributed by atoms with Gasteiger partial charge in [0, 0.05) is 36.6 Å². The first-order valence-corrected chi connectivity index (χ1v) is 14.5. The minimum Gasteiger partial charge on any atom is -0.410 e. The predicted octanol–water partition coefficient (Wildman–Crippen LogP) is 4.45. The summed E-state index contributed by atoms with van der Waals surface area (Å²) in [5.74, 6) is 1.49. The molecule has 4 aromatic rings. The van der Waals surface area contributed by atoms with Crippen LogP contribution in [-0.4, -0.2) is 55.8 Å². The van der Waals surface area contributed by atoms with Crippen LogP contribution in [0.15, 0.2) is 90.1 Å². The molecule has 1 aliphatic carbocycles. The Labute approximate surface area is 231 Å². The Hall–Kier alpha value is -4.35. The zero-order valence-electron chi connectivity index (χ0n) is 21.6. The van der Waals surface area contributed by atoms with E-state index >= 15 is 0 Å². The molecule has 0 radical (unpaired) electrons. The zero-order chi connectivity index (χ0) is 27.6. The number of ether oxygens (including phenoxy) is 2. The second kappa shape index (κ2) is 10.7. The third-order valence-electron chi connectivity index (χ3n) is 6.99. The van der Waals surface area contributed by atoms with Crippen LogP contribution in [0.2, 0.25) is 0 Å². The normalized spacial score (nSPS) is 16.2. The molecule has 1 amide bonds. The van der Waals surface area contributed by atoms with Gasteiger partial charge in [0.05, 0.1) is 18.9 Å². The summed E-state index contributed by atoms with van der Waals surface area (Å²) < 4.78 is 37.1. The van der Waals surface area contributed by atoms with E-state index in [1.807, 2.05) is 6.07 Å². The predicted molar refractivity (Wildman–Crippen MR) is 149 cm³/mol. The van der Waals surface area contributed by atoms with Gasteiger partial charge in [-0.15, -0.1) is 0 Å². The Morgan fingerprint density at radius 2 is 1.65 bits per heavy atom. The molecule has 6 rings (SSSR count). The van der Waals surface area contributed by atoms with Crippen molar-refractivity contribution in [2.75, 3.05) is 36.5 Å². The van der Waals surface area contributed by atoms with E-state index in [9.17, 15) is 13.2 Å². The Balaban J connectivity index is 1.31. The van der Waals surface area contributed by atoms with Crippen LogP contribution in [0.3, 0.4) is 0 Å². The molecule has 204 valence electrons. The van der Waals surface area contributed by atoms with Gasteiger partial charge in [-0.25, -0.2) is 28.2 Å². The lowest BCUT2D eigenvalue weighted by Crippen LogP contribution is -2.37. The van der Waals surface area contributed by atoms with Crippen molar-refractivity contribution in [3.63, 3.8) is 0 Å². The number of carbonyl (C=O) groups is 1. The van der Waals surface area contributed by atoms with Gasteiger partial charge < -0.3 is 14.4 Å². The number of nitrogens with zero attached hydrogens (tertiary/aromatic N) is 4. The first-order chi connectivity index (χ1) is 19.4. The third kappa shape index (κ3) is 5.13. The number of para-hydroxylation sites is 1. The fourth-order valence-corrected chi connectivity index (χ4v) is 6.55. The summed E-state index contributed by atoms with van der Waals surface area (Å²) in [4.78, 5) is 28.1. The maximum absolute atomic E-state index is 13.7. The second-order valence-corrected chi connectivity index (χ2v) is 11.8. The largest absolute Gasteiger partial charge is 0.417 e. The van der Waals surface area contributed by atoms with Gasteiger partial charge in [-0.2, -0.15) is 0 Å². The lowest BCUT2D eigenvalue weighted by molar-refractivity contribution is 0.122. The number of carbonyl (C=O) groups excluding carboxylic acids is 1. The third-order valence-corrected chi connectivity index (χ3v) is 9.43. The van der Waals surface area contributed by atoms with Gasteiger partial charge in [-0.1, -0.05) is 24.3 Å². The first kappa shape index (κ1) is 25.9. The molecule has 1 saturated heterocycles. The molecule has 2 aromatic carbocycles. The van der Waals surface area contributed by atoms with Crippen LogP contribution in [0.5, 0.6) is 5.75 Å². The smallest absolute Gasteiger partial charge is 0.410 e. The van der Waals surface area contributed by atoms with Gasteiger partial charge in [0.25, 0.3) is 0 Å². The number of hydrogen-bond acceptors (Lipinski definition) is 9. The minimum absolute atomic E-state index is 0.0402. The number of benzene rings is 2. The van der Waals surface area contributed by atoms with Crippen LogP contribution in [0.4, 0.5) is 16.3 Å². The second-order valence-electron chi connectivity index (χ2n) is 9.61. The van der Waals surface area contributed by atoms with E-state index in [2.05, 4.69) is 15.2 Å². The van der Waals surface area contributed by atoms with Gasteiger partial charge in [0.15, 0.2) is 10.9 Å². The molecule has 1 aliphatic heterocycles. The molecule has 0 spiro atoms. The van der Waals surface area contributed by atoms with Crippen molar-refractivity contribution < 1.29 is 22.7 Å². The molecule has 2 aromatic heterocycles. The number of rotatable bonds is 7. The van der Waals surface area contributed by atoms with Crippen molar-refractivity contribution >= 4 is 27.4 Å². The van der Waals surface area contributed by atoms with Crippen LogP contribution < -0.4 is 15.0 Å². The molecular weight excluding hydrogens is 530 g/mol. The fraction of sp³-hybridized carbons (Fsp3) is 0.241. The van der Waals surface area contributed by atoms with Crippen molar-refractivity contribution in [2.45, 2.75) is 22.6 Å². The topological polar surface area (TPSA) is 124 Å². The van der Waals surface area contributed by atoms with Gasteiger partial charge in [-0.05, 0) is 61.4 Å². The number of aromatic nitrogens is 3. The van der Waals surface area contributed by atoms with E-state index in [0.717, 1.165) is 0 Å². The number of nitrogens with one attached hydrogen (secondary N) is 1. The molecular formula is C29H27N5O5S. The van der Waals surface area contributed by atoms with E-state index in [1.165, 1.54) is 12.3 Å². The Kier molecular flexibility index (Phi) is 6.91. The molecule has 3 heterocycles. The average Bonchev–Trinajstić information content (AvgIpc) is 3.82. The van der Waals surface area contributed by atoms with Crippen LogP contribution >= 0.6 is 0 Å². The Morgan fingerprint density at radius 1 is 0.925 bits per heavy atom. The Bertz CT molecular complexity index is 1610. The van der Waals surface area contributed by atoms with E-state index in [1.54, 1.807) is 66.7 Å². The van der Waals surface area contributed by atoms with Crippen molar-refractivity contribution in [1.82, 2.24) is 15.0 Å². The number of pyridine rings is 1. The number of sulfone groups is 1. The number of amides is 1. The molecule has 11 heteroatoms. The van der Waals surface area contributed by atoms with Crippen molar-refractivity contribution in [1.29, 1.82) is 0 Å². The highest BCUT2D eigenvalue weighted by Crippen LogP contribution is 2.54. The monoisotopic (exact) mass is 557 g/mol. The molecule has 40 heavy (non-hydrogen) atoms. The molecule has 1 N–H and O–H groups in total. The van der Waals surface area contributed by atoms with E-state index < -0.39 is 20.7 Å². The quantitative estimate of drug-likeness (QED) is 0.351. The minimum atomic E-state index is -3.78. The lowest BCUT2D eigenvalue weighted by Gasteiger charge is -2.29. The molecule has 0 unspecified atom stereocenters. The number of morpholine rings is 1. The van der Waals surface area contributed by atoms with Gasteiger partial charge >= 0.3 is 6.09 Å². The molecule has 10 nitrogen and oxygen atoms in total. The van der Waals surface area contributed by atoms with E-state index in [0.29, 0.717) is 73.5 Å². The summed E-state index contributed by atoms with van der Waals surface area (Å²) in [6.45, 7) is 2.40. The molecule has 2 aliphatic rings. The van der Waals surface area contributed by atoms with E-state index in [4.69, 9.17) is 19.4 Å². The van der Waals surface area contributed by atoms with Gasteiger partial charge in [-0.3, -0.25) is 5.32 Å². The maximum Gasteiger partial charge on any atom is 0.417 e. The zero-order valence-corrected chi connectivity index (χ0v) is 22.4. The van der Waals surface area contributed by atoms with E-state index in [-0.39, 0.29) is 5.03 Å². The Morgan fingerprint density at radius 3 is 2.33 bits per heavy atom. The van der Waals surface area contributed by atoms with Gasteiger partial charge in [0.1, 0.15) is 16.3 Å². The molecule has 0 bridgehead atoms. The highest BCUT2D eigenvalue weighted by atomic mass is 32.2. The van der Waals surface area contributed by atoms with Crippen molar-refractivity contribution in [3.8, 4) is 17.1 Å². The van der Waals surface area contributed by atoms with Gasteiger partial charge in [0.2, 0.25) is 9.84 Å². The highest BCUT2D eigenvalue weighted by Gasteiger charge is 2.58. The highest BCUT2D eigenvalue weighted by molar-refractivity contribution is 7.92. The standard InChI is InChI=1S/C29H27N5O5S/c35-28(39-23-6-2-1-3-7-23)31-22-11-9-21(10-12-22)27-32-24(20-25(33-27)34-16-18-38-19-17-34)29(13-14-29)40(36,37)26-8-4-5-15-30-26/h1-12,15,20H,13-14,16-19H2,(H,31,35). The summed E-state index contributed by atoms with van der Waals surface area (Å²) >= 11 is 0. The summed E-state index contributed by atoms with van der Waals surface area (Å²) in [7, 11) is -3.78. The van der Waals surface area contributed by atoms with Crippen molar-refractivity contribution in [2.24, 2.45) is 0 Å². The van der Waals surface area contributed by atoms with Crippen LogP contribution in [0, 0.1) is 0 Å². The van der Waals surface area contributed by atoms with Crippen LogP contribution in [0.25, 0.3) is 11.4 Å². The molecule has 2 fully saturated rings. The first-order valence-electron chi connectivity index (χ1n) is 13.0. The SMILES string of the molecule is O=C(Nc1ccc(-c2nc(N3CCOCC3)cc(C3(S(=O)(=O)c4ccccn4)CC3)n2)cc1)Oc1ccccc1. The number of anilines is 2. The summed E-state index contributed by atoms with van der Waals surface area (Å²) in [6.07, 6.45) is 1.79. The lowest BCUT2D eigenvalue weighted by atomic mass is 10.1. The summed E-state index contributed by atoms with van der Waals surface area (Å²) in [6, 6.07) is 22.5.